The molecule has 0 saturated carbocycles. The molecule has 1 aliphatic rings. The molecule has 1 heterocycles. The number of rotatable bonds is 3. The smallest absolute Gasteiger partial charge is 0.410 e. The van der Waals surface area contributed by atoms with Crippen molar-refractivity contribution in [3.05, 3.63) is 23.8 Å². The fraction of sp³-hybridized carbons (Fsp3) is 0.579. The van der Waals surface area contributed by atoms with Crippen molar-refractivity contribution < 1.29 is 19.1 Å². The molecule has 0 saturated heterocycles. The van der Waals surface area contributed by atoms with E-state index in [-0.39, 0.29) is 18.5 Å². The van der Waals surface area contributed by atoms with Gasteiger partial charge in [-0.25, -0.2) is 4.79 Å². The molecule has 0 bridgehead atoms. The Balaban J connectivity index is 2.25. The topological polar surface area (TPSA) is 85.1 Å². The van der Waals surface area contributed by atoms with Crippen LogP contribution < -0.4 is 10.5 Å². The van der Waals surface area contributed by atoms with Gasteiger partial charge in [-0.3, -0.25) is 4.79 Å². The minimum atomic E-state index is -0.577. The van der Waals surface area contributed by atoms with E-state index < -0.39 is 17.8 Å². The monoisotopic (exact) mass is 363 g/mol. The van der Waals surface area contributed by atoms with Crippen LogP contribution in [-0.4, -0.2) is 59.7 Å². The zero-order valence-electron chi connectivity index (χ0n) is 16.4. The molecule has 0 aromatic heterocycles. The van der Waals surface area contributed by atoms with E-state index in [4.69, 9.17) is 15.2 Å². The van der Waals surface area contributed by atoms with Crippen LogP contribution in [0, 0.1) is 0 Å². The molecule has 7 nitrogen and oxygen atoms in total. The number of nitrogen functional groups attached to an aromatic ring is 1. The van der Waals surface area contributed by atoms with Gasteiger partial charge in [-0.2, -0.15) is 0 Å². The number of ether oxygens (including phenoxy) is 2. The first-order valence-electron chi connectivity index (χ1n) is 8.80. The number of anilines is 1. The molecule has 0 aliphatic carbocycles. The number of nitrogens with zero attached hydrogens (tertiary/aromatic N) is 2. The largest absolute Gasteiger partial charge is 0.484 e. The summed E-state index contributed by atoms with van der Waals surface area (Å²) in [6.07, 6.45) is -0.848. The lowest BCUT2D eigenvalue weighted by Crippen LogP contribution is -2.47. The molecule has 1 aliphatic heterocycles. The van der Waals surface area contributed by atoms with Crippen LogP contribution in [0.3, 0.4) is 0 Å². The van der Waals surface area contributed by atoms with Crippen molar-refractivity contribution in [2.45, 2.75) is 52.4 Å². The average molecular weight is 363 g/mol. The molecule has 1 atom stereocenters. The number of carbonyl (C=O) groups is 2. The summed E-state index contributed by atoms with van der Waals surface area (Å²) >= 11 is 0. The van der Waals surface area contributed by atoms with E-state index >= 15 is 0 Å². The van der Waals surface area contributed by atoms with Gasteiger partial charge >= 0.3 is 6.09 Å². The summed E-state index contributed by atoms with van der Waals surface area (Å²) in [4.78, 5) is 28.3. The van der Waals surface area contributed by atoms with Crippen molar-refractivity contribution in [3.8, 4) is 5.75 Å². The Morgan fingerprint density at radius 3 is 2.65 bits per heavy atom. The van der Waals surface area contributed by atoms with Crippen molar-refractivity contribution in [2.24, 2.45) is 0 Å². The van der Waals surface area contributed by atoms with E-state index in [1.807, 2.05) is 34.6 Å². The maximum atomic E-state index is 12.9. The molecule has 1 aromatic rings. The van der Waals surface area contributed by atoms with Crippen LogP contribution in [0.25, 0.3) is 0 Å². The molecule has 0 radical (unpaired) electrons. The molecule has 0 unspecified atom stereocenters. The molecule has 1 aromatic carbocycles. The normalized spacial score (nSPS) is 17.4. The Morgan fingerprint density at radius 2 is 2.08 bits per heavy atom. The molecule has 2 amide bonds. The molecule has 26 heavy (non-hydrogen) atoms. The van der Waals surface area contributed by atoms with Gasteiger partial charge in [-0.15, -0.1) is 0 Å². The minimum absolute atomic E-state index is 0.00665. The van der Waals surface area contributed by atoms with Gasteiger partial charge in [0.1, 0.15) is 11.7 Å². The second-order valence-electron chi connectivity index (χ2n) is 7.88. The van der Waals surface area contributed by atoms with E-state index in [1.165, 1.54) is 4.90 Å². The van der Waals surface area contributed by atoms with E-state index in [9.17, 15) is 9.59 Å². The van der Waals surface area contributed by atoms with Crippen molar-refractivity contribution in [1.29, 1.82) is 0 Å². The Labute approximate surface area is 155 Å². The van der Waals surface area contributed by atoms with E-state index in [1.54, 1.807) is 30.1 Å². The van der Waals surface area contributed by atoms with Crippen LogP contribution in [0.1, 0.15) is 45.0 Å². The van der Waals surface area contributed by atoms with Gasteiger partial charge in [-0.1, -0.05) is 6.07 Å². The fourth-order valence-corrected chi connectivity index (χ4v) is 2.78. The number of fused-ring (bicyclic) bond motifs is 1. The number of nitrogens with two attached hydrogens (primary N) is 1. The van der Waals surface area contributed by atoms with Crippen LogP contribution in [0.4, 0.5) is 10.5 Å². The van der Waals surface area contributed by atoms with Gasteiger partial charge in [0.05, 0.1) is 24.3 Å². The number of amides is 2. The van der Waals surface area contributed by atoms with Gasteiger partial charge in [0.25, 0.3) is 5.91 Å². The van der Waals surface area contributed by atoms with Crippen LogP contribution in [0.15, 0.2) is 18.2 Å². The van der Waals surface area contributed by atoms with Crippen molar-refractivity contribution in [3.63, 3.8) is 0 Å². The lowest BCUT2D eigenvalue weighted by molar-refractivity contribution is 0.0202. The third kappa shape index (κ3) is 4.59. The summed E-state index contributed by atoms with van der Waals surface area (Å²) in [7, 11) is 1.65. The number of hydrogen-bond donors (Lipinski definition) is 1. The fourth-order valence-electron chi connectivity index (χ4n) is 2.78. The molecular formula is C19H29N3O4. The van der Waals surface area contributed by atoms with Gasteiger partial charge in [0.2, 0.25) is 0 Å². The highest BCUT2D eigenvalue weighted by Gasteiger charge is 2.33. The summed E-state index contributed by atoms with van der Waals surface area (Å²) in [6.45, 7) is 9.98. The van der Waals surface area contributed by atoms with E-state index in [2.05, 4.69) is 0 Å². The second-order valence-corrected chi connectivity index (χ2v) is 7.88. The third-order valence-electron chi connectivity index (χ3n) is 4.03. The average Bonchev–Trinajstić information content (AvgIpc) is 2.64. The first kappa shape index (κ1) is 19.9. The molecule has 2 N–H and O–H groups in total. The van der Waals surface area contributed by atoms with E-state index in [0.29, 0.717) is 23.5 Å². The summed E-state index contributed by atoms with van der Waals surface area (Å²) in [5.41, 5.74) is 6.31. The van der Waals surface area contributed by atoms with Gasteiger partial charge in [0.15, 0.2) is 5.75 Å². The highest BCUT2D eigenvalue weighted by molar-refractivity contribution is 5.99. The molecule has 144 valence electrons. The maximum absolute atomic E-state index is 12.9. The molecule has 0 spiro atoms. The highest BCUT2D eigenvalue weighted by Crippen LogP contribution is 2.32. The van der Waals surface area contributed by atoms with Crippen molar-refractivity contribution >= 4 is 17.7 Å². The molecule has 7 heteroatoms. The predicted octanol–water partition coefficient (Wildman–Crippen LogP) is 2.75. The molecule has 0 fully saturated rings. The number of benzene rings is 1. The number of hydrogen-bond acceptors (Lipinski definition) is 5. The first-order chi connectivity index (χ1) is 12.0. The highest BCUT2D eigenvalue weighted by atomic mass is 16.6. The molecular weight excluding hydrogens is 334 g/mol. The van der Waals surface area contributed by atoms with Crippen molar-refractivity contribution in [2.75, 3.05) is 25.9 Å². The SMILES string of the molecule is CC(C)N1C[C@@H](CN(C)C(=O)OC(C)(C)C)Oc2c(N)cccc2C1=O. The van der Waals surface area contributed by atoms with Crippen molar-refractivity contribution in [1.82, 2.24) is 9.80 Å². The van der Waals surface area contributed by atoms with Gasteiger partial charge in [-0.05, 0) is 46.8 Å². The second kappa shape index (κ2) is 7.43. The van der Waals surface area contributed by atoms with Crippen LogP contribution in [0.5, 0.6) is 5.75 Å². The zero-order valence-corrected chi connectivity index (χ0v) is 16.4. The summed E-state index contributed by atoms with van der Waals surface area (Å²) in [5.74, 6) is 0.257. The Kier molecular flexibility index (Phi) is 5.68. The number of likely N-dealkylation sites (N-methyl/N-ethyl adjacent to an activating group) is 1. The Hall–Kier alpha value is -2.44. The quantitative estimate of drug-likeness (QED) is 0.835. The van der Waals surface area contributed by atoms with Crippen LogP contribution in [-0.2, 0) is 4.74 Å². The van der Waals surface area contributed by atoms with Gasteiger partial charge in [0, 0.05) is 13.1 Å². The summed E-state index contributed by atoms with van der Waals surface area (Å²) in [6, 6.07) is 5.14. The number of carbonyl (C=O) groups excluding carboxylic acids is 2. The van der Waals surface area contributed by atoms with Gasteiger partial charge < -0.3 is 25.0 Å². The minimum Gasteiger partial charge on any atom is -0.484 e. The standard InChI is InChI=1S/C19H29N3O4/c1-12(2)22-11-13(10-21(6)18(24)26-19(3,4)5)25-16-14(17(22)23)8-7-9-15(16)20/h7-9,12-13H,10-11,20H2,1-6H3/t13-/m1/s1. The first-order valence-corrected chi connectivity index (χ1v) is 8.80. The maximum Gasteiger partial charge on any atom is 0.410 e. The van der Waals surface area contributed by atoms with E-state index in [0.717, 1.165) is 0 Å². The van der Waals surface area contributed by atoms with Crippen LogP contribution in [0.2, 0.25) is 0 Å². The third-order valence-corrected chi connectivity index (χ3v) is 4.03. The Bertz CT molecular complexity index is 682. The lowest BCUT2D eigenvalue weighted by Gasteiger charge is -2.30. The summed E-state index contributed by atoms with van der Waals surface area (Å²) in [5, 5.41) is 0. The molecule has 2 rings (SSSR count). The summed E-state index contributed by atoms with van der Waals surface area (Å²) < 4.78 is 11.4. The number of para-hydroxylation sites is 1. The predicted molar refractivity (Wildman–Crippen MR) is 100 cm³/mol. The van der Waals surface area contributed by atoms with Crippen LogP contribution >= 0.6 is 0 Å². The zero-order chi connectivity index (χ0) is 19.6. The Morgan fingerprint density at radius 1 is 1.42 bits per heavy atom. The lowest BCUT2D eigenvalue weighted by atomic mass is 10.1.